The van der Waals surface area contributed by atoms with Crippen LogP contribution in [0.5, 0.6) is 0 Å². The normalized spacial score (nSPS) is 12.0. The fourth-order valence-corrected chi connectivity index (χ4v) is 3.71. The van der Waals surface area contributed by atoms with Crippen molar-refractivity contribution in [2.24, 2.45) is 0 Å². The molecule has 0 aromatic carbocycles. The van der Waals surface area contributed by atoms with Gasteiger partial charge in [-0.2, -0.15) is 4.31 Å². The minimum Gasteiger partial charge on any atom is -0.450 e. The van der Waals surface area contributed by atoms with Gasteiger partial charge in [-0.3, -0.25) is 0 Å². The highest BCUT2D eigenvalue weighted by atomic mass is 79.9. The summed E-state index contributed by atoms with van der Waals surface area (Å²) in [5.41, 5.74) is 0. The van der Waals surface area contributed by atoms with E-state index >= 15 is 0 Å². The molecule has 0 saturated carbocycles. The highest BCUT2D eigenvalue weighted by molar-refractivity contribution is 9.10. The molecule has 1 N–H and O–H groups in total. The quantitative estimate of drug-likeness (QED) is 0.809. The van der Waals surface area contributed by atoms with Crippen molar-refractivity contribution in [3.05, 3.63) is 29.2 Å². The second kappa shape index (κ2) is 5.81. The van der Waals surface area contributed by atoms with Crippen LogP contribution >= 0.6 is 15.9 Å². The molecular formula is C10H14BrNO4S. The fourth-order valence-electron chi connectivity index (χ4n) is 1.33. The van der Waals surface area contributed by atoms with Gasteiger partial charge in [-0.1, -0.05) is 13.0 Å². The zero-order valence-corrected chi connectivity index (χ0v) is 11.8. The van der Waals surface area contributed by atoms with Gasteiger partial charge in [0.05, 0.1) is 0 Å². The third kappa shape index (κ3) is 2.98. The SMILES string of the molecule is C=CCN(CC)S(=O)(=O)c1cc(CO)oc1Br. The van der Waals surface area contributed by atoms with Gasteiger partial charge in [0.1, 0.15) is 17.3 Å². The molecule has 96 valence electrons. The van der Waals surface area contributed by atoms with E-state index < -0.39 is 10.0 Å². The van der Waals surface area contributed by atoms with Crippen LogP contribution < -0.4 is 0 Å². The standard InChI is InChI=1S/C10H14BrNO4S/c1-3-5-12(4-2)17(14,15)9-6-8(7-13)16-10(9)11/h3,6,13H,1,4-5,7H2,2H3. The Balaban J connectivity index is 3.19. The van der Waals surface area contributed by atoms with Gasteiger partial charge in [0.2, 0.25) is 10.0 Å². The van der Waals surface area contributed by atoms with E-state index in [1.54, 1.807) is 6.92 Å². The number of sulfonamides is 1. The first-order chi connectivity index (χ1) is 7.97. The molecule has 1 rings (SSSR count). The lowest BCUT2D eigenvalue weighted by Gasteiger charge is -2.17. The van der Waals surface area contributed by atoms with Crippen LogP contribution in [0.2, 0.25) is 0 Å². The number of rotatable bonds is 6. The molecule has 0 spiro atoms. The molecule has 0 amide bonds. The molecule has 0 aliphatic rings. The van der Waals surface area contributed by atoms with Crippen LogP contribution in [0.4, 0.5) is 0 Å². The molecule has 1 aromatic heterocycles. The first-order valence-corrected chi connectivity index (χ1v) is 7.20. The predicted molar refractivity (Wildman–Crippen MR) is 67.0 cm³/mol. The molecular weight excluding hydrogens is 310 g/mol. The second-order valence-electron chi connectivity index (χ2n) is 3.25. The van der Waals surface area contributed by atoms with Gasteiger partial charge in [-0.15, -0.1) is 6.58 Å². The molecule has 1 aromatic rings. The monoisotopic (exact) mass is 323 g/mol. The van der Waals surface area contributed by atoms with Crippen LogP contribution in [0.3, 0.4) is 0 Å². The predicted octanol–water partition coefficient (Wildman–Crippen LogP) is 1.73. The molecule has 7 heteroatoms. The van der Waals surface area contributed by atoms with Crippen molar-refractivity contribution in [1.29, 1.82) is 0 Å². The average molecular weight is 324 g/mol. The number of hydrogen-bond acceptors (Lipinski definition) is 4. The molecule has 0 aliphatic heterocycles. The first kappa shape index (κ1) is 14.4. The van der Waals surface area contributed by atoms with Crippen LogP contribution in [-0.4, -0.2) is 30.9 Å². The van der Waals surface area contributed by atoms with Crippen LogP contribution in [0.25, 0.3) is 0 Å². The Kier molecular flexibility index (Phi) is 4.93. The van der Waals surface area contributed by atoms with Crippen LogP contribution in [0, 0.1) is 0 Å². The highest BCUT2D eigenvalue weighted by Gasteiger charge is 2.27. The lowest BCUT2D eigenvalue weighted by Crippen LogP contribution is -2.30. The summed E-state index contributed by atoms with van der Waals surface area (Å²) in [6, 6.07) is 1.31. The maximum Gasteiger partial charge on any atom is 0.247 e. The van der Waals surface area contributed by atoms with Gasteiger partial charge < -0.3 is 9.52 Å². The van der Waals surface area contributed by atoms with E-state index in [-0.39, 0.29) is 28.5 Å². The Labute approximate surface area is 109 Å². The van der Waals surface area contributed by atoms with Gasteiger partial charge in [-0.25, -0.2) is 8.42 Å². The molecule has 1 heterocycles. The Morgan fingerprint density at radius 2 is 2.29 bits per heavy atom. The Bertz CT molecular complexity index is 494. The van der Waals surface area contributed by atoms with Crippen molar-refractivity contribution < 1.29 is 17.9 Å². The van der Waals surface area contributed by atoms with Gasteiger partial charge in [0, 0.05) is 19.2 Å². The van der Waals surface area contributed by atoms with Gasteiger partial charge in [-0.05, 0) is 15.9 Å². The maximum absolute atomic E-state index is 12.2. The largest absolute Gasteiger partial charge is 0.450 e. The van der Waals surface area contributed by atoms with Crippen LogP contribution in [-0.2, 0) is 16.6 Å². The summed E-state index contributed by atoms with van der Waals surface area (Å²) >= 11 is 3.03. The average Bonchev–Trinajstić information content (AvgIpc) is 2.67. The number of likely N-dealkylation sites (N-methyl/N-ethyl adjacent to an activating group) is 1. The summed E-state index contributed by atoms with van der Waals surface area (Å²) in [5.74, 6) is 0.199. The molecule has 0 saturated heterocycles. The minimum atomic E-state index is -3.62. The Hall–Kier alpha value is -0.630. The lowest BCUT2D eigenvalue weighted by atomic mass is 10.5. The summed E-state index contributed by atoms with van der Waals surface area (Å²) < 4.78 is 30.8. The molecule has 0 fully saturated rings. The second-order valence-corrected chi connectivity index (χ2v) is 5.88. The first-order valence-electron chi connectivity index (χ1n) is 4.97. The topological polar surface area (TPSA) is 70.8 Å². The molecule has 5 nitrogen and oxygen atoms in total. The number of furan rings is 1. The third-order valence-electron chi connectivity index (χ3n) is 2.17. The molecule has 0 atom stereocenters. The Morgan fingerprint density at radius 3 is 2.71 bits per heavy atom. The summed E-state index contributed by atoms with van der Waals surface area (Å²) in [5, 5.41) is 8.90. The fraction of sp³-hybridized carbons (Fsp3) is 0.400. The van der Waals surface area contributed by atoms with E-state index in [2.05, 4.69) is 22.5 Å². The summed E-state index contributed by atoms with van der Waals surface area (Å²) in [7, 11) is -3.62. The van der Waals surface area contributed by atoms with E-state index in [1.165, 1.54) is 16.4 Å². The van der Waals surface area contributed by atoms with Gasteiger partial charge in [0.25, 0.3) is 0 Å². The maximum atomic E-state index is 12.2. The van der Waals surface area contributed by atoms with Crippen LogP contribution in [0.15, 0.2) is 32.7 Å². The zero-order chi connectivity index (χ0) is 13.1. The van der Waals surface area contributed by atoms with Gasteiger partial charge >= 0.3 is 0 Å². The van der Waals surface area contributed by atoms with E-state index in [0.29, 0.717) is 6.54 Å². The smallest absolute Gasteiger partial charge is 0.247 e. The minimum absolute atomic E-state index is 0.0188. The number of aliphatic hydroxyl groups excluding tert-OH is 1. The lowest BCUT2D eigenvalue weighted by molar-refractivity contribution is 0.245. The summed E-state index contributed by atoms with van der Waals surface area (Å²) in [6.07, 6.45) is 1.52. The number of nitrogens with zero attached hydrogens (tertiary/aromatic N) is 1. The van der Waals surface area contributed by atoms with E-state index in [1.807, 2.05) is 0 Å². The molecule has 0 radical (unpaired) electrons. The third-order valence-corrected chi connectivity index (χ3v) is 4.96. The van der Waals surface area contributed by atoms with E-state index in [0.717, 1.165) is 0 Å². The van der Waals surface area contributed by atoms with Crippen LogP contribution in [0.1, 0.15) is 12.7 Å². The molecule has 0 bridgehead atoms. The van der Waals surface area contributed by atoms with Crippen molar-refractivity contribution >= 4 is 26.0 Å². The van der Waals surface area contributed by atoms with Crippen molar-refractivity contribution in [2.45, 2.75) is 18.4 Å². The summed E-state index contributed by atoms with van der Waals surface area (Å²) in [4.78, 5) is 0.0188. The van der Waals surface area contributed by atoms with E-state index in [9.17, 15) is 8.42 Å². The zero-order valence-electron chi connectivity index (χ0n) is 9.39. The highest BCUT2D eigenvalue weighted by Crippen LogP contribution is 2.28. The van der Waals surface area contributed by atoms with Crippen molar-refractivity contribution in [3.8, 4) is 0 Å². The molecule has 0 aliphatic carbocycles. The van der Waals surface area contributed by atoms with Crippen molar-refractivity contribution in [3.63, 3.8) is 0 Å². The number of aliphatic hydroxyl groups is 1. The molecule has 17 heavy (non-hydrogen) atoms. The number of halogens is 1. The van der Waals surface area contributed by atoms with Crippen molar-refractivity contribution in [2.75, 3.05) is 13.1 Å². The summed E-state index contributed by atoms with van der Waals surface area (Å²) in [6.45, 7) is 5.47. The molecule has 0 unspecified atom stereocenters. The van der Waals surface area contributed by atoms with E-state index in [4.69, 9.17) is 9.52 Å². The van der Waals surface area contributed by atoms with Gasteiger partial charge in [0.15, 0.2) is 4.67 Å². The Morgan fingerprint density at radius 1 is 1.65 bits per heavy atom. The number of hydrogen-bond donors (Lipinski definition) is 1. The van der Waals surface area contributed by atoms with Crippen molar-refractivity contribution in [1.82, 2.24) is 4.31 Å².